The van der Waals surface area contributed by atoms with Crippen molar-refractivity contribution in [3.63, 3.8) is 0 Å². The number of rotatable bonds is 7. The molecule has 3 aromatic rings. The Morgan fingerprint density at radius 2 is 1.55 bits per heavy atom. The minimum absolute atomic E-state index is 0.0153. The lowest BCUT2D eigenvalue weighted by atomic mass is 10.4. The lowest BCUT2D eigenvalue weighted by Crippen LogP contribution is -2.36. The zero-order chi connectivity index (χ0) is 23.6. The summed E-state index contributed by atoms with van der Waals surface area (Å²) >= 11 is 5.82. The van der Waals surface area contributed by atoms with E-state index in [1.807, 2.05) is 0 Å². The highest BCUT2D eigenvalue weighted by atomic mass is 35.5. The van der Waals surface area contributed by atoms with Gasteiger partial charge < -0.3 is 14.1 Å². The number of aromatic nitrogens is 1. The van der Waals surface area contributed by atoms with Crippen molar-refractivity contribution in [2.24, 2.45) is 0 Å². The molecule has 4 rings (SSSR count). The Kier molecular flexibility index (Phi) is 6.76. The van der Waals surface area contributed by atoms with Crippen LogP contribution in [-0.2, 0) is 30.8 Å². The molecule has 1 aliphatic heterocycles. The van der Waals surface area contributed by atoms with E-state index in [4.69, 9.17) is 20.8 Å². The quantitative estimate of drug-likeness (QED) is 0.443. The van der Waals surface area contributed by atoms with Crippen molar-refractivity contribution in [2.75, 3.05) is 37.0 Å². The van der Waals surface area contributed by atoms with Crippen molar-refractivity contribution in [1.82, 2.24) is 4.98 Å². The number of benzene rings is 2. The van der Waals surface area contributed by atoms with Gasteiger partial charge in [-0.3, -0.25) is 0 Å². The zero-order valence-corrected chi connectivity index (χ0v) is 19.7. The van der Waals surface area contributed by atoms with E-state index in [0.717, 1.165) is 24.3 Å². The molecule has 8 nitrogen and oxygen atoms in total. The van der Waals surface area contributed by atoms with Gasteiger partial charge in [-0.2, -0.15) is 4.98 Å². The fraction of sp³-hybridized carbons (Fsp3) is 0.286. The van der Waals surface area contributed by atoms with Gasteiger partial charge in [0.05, 0.1) is 28.8 Å². The average molecular weight is 515 g/mol. The van der Waals surface area contributed by atoms with Gasteiger partial charge in [-0.05, 0) is 48.5 Å². The van der Waals surface area contributed by atoms with Crippen molar-refractivity contribution in [2.45, 2.75) is 21.2 Å². The third-order valence-electron chi connectivity index (χ3n) is 5.06. The van der Waals surface area contributed by atoms with Crippen LogP contribution in [0.15, 0.2) is 67.8 Å². The van der Waals surface area contributed by atoms with Crippen LogP contribution in [-0.4, -0.2) is 53.9 Å². The van der Waals surface area contributed by atoms with Gasteiger partial charge in [-0.25, -0.2) is 21.2 Å². The number of nitrogens with zero attached hydrogens (tertiary/aromatic N) is 2. The van der Waals surface area contributed by atoms with E-state index in [2.05, 4.69) is 4.98 Å². The number of morpholine rings is 1. The third kappa shape index (κ3) is 5.21. The number of oxazole rings is 1. The van der Waals surface area contributed by atoms with E-state index < -0.39 is 25.5 Å². The van der Waals surface area contributed by atoms with Crippen molar-refractivity contribution >= 4 is 37.2 Å². The highest BCUT2D eigenvalue weighted by Gasteiger charge is 2.32. The second kappa shape index (κ2) is 9.41. The molecule has 0 radical (unpaired) electrons. The first kappa shape index (κ1) is 23.7. The first-order valence-electron chi connectivity index (χ1n) is 9.98. The Labute approximate surface area is 195 Å². The molecule has 1 aliphatic rings. The Morgan fingerprint density at radius 3 is 2.18 bits per heavy atom. The van der Waals surface area contributed by atoms with Crippen LogP contribution in [0, 0.1) is 5.82 Å². The standard InChI is InChI=1S/C21H20ClFN2O6S2/c22-15-1-5-17(6-2-15)32(26,27)14-9-19-24-20(21(31-19)25-10-12-30-13-11-25)33(28,29)18-7-3-16(23)4-8-18/h1-8H,9-14H2. The van der Waals surface area contributed by atoms with E-state index in [0.29, 0.717) is 31.3 Å². The summed E-state index contributed by atoms with van der Waals surface area (Å²) in [4.78, 5) is 5.78. The Morgan fingerprint density at radius 1 is 0.939 bits per heavy atom. The first-order chi connectivity index (χ1) is 15.7. The number of halogens is 2. The number of hydrogen-bond acceptors (Lipinski definition) is 8. The molecule has 0 N–H and O–H groups in total. The minimum Gasteiger partial charge on any atom is -0.424 e. The third-order valence-corrected chi connectivity index (χ3v) is 8.71. The maximum absolute atomic E-state index is 13.3. The molecule has 0 spiro atoms. The second-order valence-electron chi connectivity index (χ2n) is 7.30. The molecule has 1 aromatic heterocycles. The van der Waals surface area contributed by atoms with Crippen LogP contribution in [0.3, 0.4) is 0 Å². The summed E-state index contributed by atoms with van der Waals surface area (Å²) in [5.41, 5.74) is 0. The molecule has 2 heterocycles. The number of sulfone groups is 2. The maximum Gasteiger partial charge on any atom is 0.236 e. The molecule has 2 aromatic carbocycles. The lowest BCUT2D eigenvalue weighted by Gasteiger charge is -2.26. The molecular weight excluding hydrogens is 495 g/mol. The molecule has 0 unspecified atom stereocenters. The number of hydrogen-bond donors (Lipinski definition) is 0. The summed E-state index contributed by atoms with van der Waals surface area (Å²) in [5.74, 6) is -0.930. The fourth-order valence-corrected chi connectivity index (χ4v) is 5.99. The van der Waals surface area contributed by atoms with Gasteiger partial charge in [0.15, 0.2) is 15.7 Å². The largest absolute Gasteiger partial charge is 0.424 e. The van der Waals surface area contributed by atoms with Gasteiger partial charge in [0.25, 0.3) is 0 Å². The topological polar surface area (TPSA) is 107 Å². The van der Waals surface area contributed by atoms with Gasteiger partial charge in [0.2, 0.25) is 20.7 Å². The van der Waals surface area contributed by atoms with Crippen molar-refractivity contribution < 1.29 is 30.4 Å². The zero-order valence-electron chi connectivity index (χ0n) is 17.3. The number of ether oxygens (including phenoxy) is 1. The predicted molar refractivity (Wildman–Crippen MR) is 119 cm³/mol. The van der Waals surface area contributed by atoms with Crippen molar-refractivity contribution in [3.05, 3.63) is 65.3 Å². The van der Waals surface area contributed by atoms with Crippen LogP contribution in [0.2, 0.25) is 5.02 Å². The van der Waals surface area contributed by atoms with Gasteiger partial charge in [0, 0.05) is 24.5 Å². The second-order valence-corrected chi connectivity index (χ2v) is 11.7. The summed E-state index contributed by atoms with van der Waals surface area (Å²) in [6.45, 7) is 1.50. The minimum atomic E-state index is -4.14. The molecule has 33 heavy (non-hydrogen) atoms. The van der Waals surface area contributed by atoms with E-state index in [-0.39, 0.29) is 38.8 Å². The molecule has 0 aliphatic carbocycles. The molecule has 12 heteroatoms. The predicted octanol–water partition coefficient (Wildman–Crippen LogP) is 3.15. The fourth-order valence-electron chi connectivity index (χ4n) is 3.29. The summed E-state index contributed by atoms with van der Waals surface area (Å²) in [6.07, 6.45) is -0.138. The molecule has 1 fully saturated rings. The molecule has 1 saturated heterocycles. The van der Waals surface area contributed by atoms with Crippen LogP contribution in [0.5, 0.6) is 0 Å². The molecular formula is C21H20ClFN2O6S2. The van der Waals surface area contributed by atoms with E-state index in [1.165, 1.54) is 24.3 Å². The normalized spacial score (nSPS) is 15.0. The smallest absolute Gasteiger partial charge is 0.236 e. The number of aryl methyl sites for hydroxylation is 1. The molecule has 0 atom stereocenters. The molecule has 176 valence electrons. The summed E-state index contributed by atoms with van der Waals surface area (Å²) in [6, 6.07) is 10.1. The molecule has 0 saturated carbocycles. The van der Waals surface area contributed by atoms with Gasteiger partial charge >= 0.3 is 0 Å². The monoisotopic (exact) mass is 514 g/mol. The lowest BCUT2D eigenvalue weighted by molar-refractivity contribution is 0.120. The Hall–Kier alpha value is -2.47. The van der Waals surface area contributed by atoms with Crippen LogP contribution in [0.25, 0.3) is 0 Å². The maximum atomic E-state index is 13.3. The highest BCUT2D eigenvalue weighted by molar-refractivity contribution is 7.91. The Balaban J connectivity index is 1.66. The Bertz CT molecular complexity index is 1330. The molecule has 0 amide bonds. The van der Waals surface area contributed by atoms with Crippen LogP contribution in [0.4, 0.5) is 10.3 Å². The van der Waals surface area contributed by atoms with E-state index in [9.17, 15) is 21.2 Å². The summed E-state index contributed by atoms with van der Waals surface area (Å²) in [5, 5.41) is 0.0716. The van der Waals surface area contributed by atoms with Gasteiger partial charge in [-0.15, -0.1) is 0 Å². The van der Waals surface area contributed by atoms with Crippen LogP contribution >= 0.6 is 11.6 Å². The van der Waals surface area contributed by atoms with E-state index in [1.54, 1.807) is 4.90 Å². The summed E-state index contributed by atoms with van der Waals surface area (Å²) < 4.78 is 76.2. The van der Waals surface area contributed by atoms with Crippen LogP contribution in [0.1, 0.15) is 5.89 Å². The van der Waals surface area contributed by atoms with Gasteiger partial charge in [0.1, 0.15) is 5.82 Å². The highest BCUT2D eigenvalue weighted by Crippen LogP contribution is 2.32. The van der Waals surface area contributed by atoms with E-state index >= 15 is 0 Å². The van der Waals surface area contributed by atoms with Crippen LogP contribution < -0.4 is 4.90 Å². The van der Waals surface area contributed by atoms with Crippen molar-refractivity contribution in [3.8, 4) is 0 Å². The van der Waals surface area contributed by atoms with Gasteiger partial charge in [-0.1, -0.05) is 11.6 Å². The summed E-state index contributed by atoms with van der Waals surface area (Å²) in [7, 11) is -7.82. The number of anilines is 1. The SMILES string of the molecule is O=S(=O)(CCc1nc(S(=O)(=O)c2ccc(F)cc2)c(N2CCOCC2)o1)c1ccc(Cl)cc1. The van der Waals surface area contributed by atoms with Crippen molar-refractivity contribution in [1.29, 1.82) is 0 Å². The average Bonchev–Trinajstić information content (AvgIpc) is 3.24. The first-order valence-corrected chi connectivity index (χ1v) is 13.5. The molecule has 0 bridgehead atoms.